The number of fused-ring (bicyclic) bond motifs is 1. The first kappa shape index (κ1) is 8.23. The fourth-order valence-corrected chi connectivity index (χ4v) is 1.72. The molecular weight excluding hydrogens is 169 g/mol. The van der Waals surface area contributed by atoms with E-state index >= 15 is 0 Å². The van der Waals surface area contributed by atoms with E-state index in [-0.39, 0.29) is 11.7 Å². The van der Waals surface area contributed by atoms with Crippen molar-refractivity contribution in [3.05, 3.63) is 29.6 Å². The Labute approximate surface area is 76.0 Å². The molecule has 1 heterocycles. The standard InChI is InChI=1S/C10H10FNO/c1-2-12-9(13)6-7-4-3-5-8(11)10(7)12/h3-5H,2,6H2,1H3. The fraction of sp³-hybridized carbons (Fsp3) is 0.300. The number of halogens is 1. The lowest BCUT2D eigenvalue weighted by Crippen LogP contribution is -2.26. The van der Waals surface area contributed by atoms with Gasteiger partial charge in [0.2, 0.25) is 5.91 Å². The van der Waals surface area contributed by atoms with Crippen LogP contribution in [0.15, 0.2) is 18.2 Å². The third-order valence-corrected chi connectivity index (χ3v) is 2.30. The minimum atomic E-state index is -0.301. The van der Waals surface area contributed by atoms with Crippen molar-refractivity contribution in [3.8, 4) is 0 Å². The average molecular weight is 179 g/mol. The lowest BCUT2D eigenvalue weighted by atomic mass is 10.1. The first-order valence-corrected chi connectivity index (χ1v) is 4.31. The van der Waals surface area contributed by atoms with Crippen LogP contribution < -0.4 is 4.90 Å². The summed E-state index contributed by atoms with van der Waals surface area (Å²) in [6.07, 6.45) is 0.334. The number of carbonyl (C=O) groups is 1. The maximum Gasteiger partial charge on any atom is 0.231 e. The highest BCUT2D eigenvalue weighted by molar-refractivity contribution is 6.01. The van der Waals surface area contributed by atoms with Gasteiger partial charge in [-0.05, 0) is 18.6 Å². The number of amides is 1. The second-order valence-electron chi connectivity index (χ2n) is 3.06. The Morgan fingerprint density at radius 3 is 3.00 bits per heavy atom. The summed E-state index contributed by atoms with van der Waals surface area (Å²) in [5, 5.41) is 0. The molecule has 0 atom stereocenters. The molecule has 1 aliphatic heterocycles. The van der Waals surface area contributed by atoms with E-state index in [2.05, 4.69) is 0 Å². The van der Waals surface area contributed by atoms with Gasteiger partial charge in [-0.25, -0.2) is 4.39 Å². The molecule has 0 fully saturated rings. The molecule has 2 nitrogen and oxygen atoms in total. The van der Waals surface area contributed by atoms with E-state index in [0.717, 1.165) is 5.56 Å². The summed E-state index contributed by atoms with van der Waals surface area (Å²) in [4.78, 5) is 12.9. The van der Waals surface area contributed by atoms with Crippen molar-refractivity contribution in [2.45, 2.75) is 13.3 Å². The fourth-order valence-electron chi connectivity index (χ4n) is 1.72. The second kappa shape index (κ2) is 2.83. The zero-order valence-corrected chi connectivity index (χ0v) is 7.38. The van der Waals surface area contributed by atoms with Crippen molar-refractivity contribution in [2.24, 2.45) is 0 Å². The number of carbonyl (C=O) groups excluding carboxylic acids is 1. The molecule has 1 aromatic carbocycles. The molecule has 0 unspecified atom stereocenters. The van der Waals surface area contributed by atoms with Gasteiger partial charge in [-0.1, -0.05) is 12.1 Å². The van der Waals surface area contributed by atoms with Crippen molar-refractivity contribution in [1.82, 2.24) is 0 Å². The molecule has 0 saturated carbocycles. The number of hydrogen-bond donors (Lipinski definition) is 0. The Bertz CT molecular complexity index is 362. The molecule has 0 N–H and O–H groups in total. The summed E-state index contributed by atoms with van der Waals surface area (Å²) in [5.74, 6) is -0.312. The van der Waals surface area contributed by atoms with Crippen LogP contribution in [0, 0.1) is 5.82 Å². The molecule has 0 aromatic heterocycles. The molecule has 0 spiro atoms. The van der Waals surface area contributed by atoms with E-state index in [0.29, 0.717) is 18.7 Å². The van der Waals surface area contributed by atoms with E-state index < -0.39 is 0 Å². The molecular formula is C10H10FNO. The maximum atomic E-state index is 13.3. The molecule has 3 heteroatoms. The summed E-state index contributed by atoms with van der Waals surface area (Å²) >= 11 is 0. The monoisotopic (exact) mass is 179 g/mol. The van der Waals surface area contributed by atoms with Gasteiger partial charge in [0.1, 0.15) is 5.82 Å². The Kier molecular flexibility index (Phi) is 1.79. The largest absolute Gasteiger partial charge is 0.309 e. The Hall–Kier alpha value is -1.38. The number of anilines is 1. The third kappa shape index (κ3) is 1.11. The zero-order chi connectivity index (χ0) is 9.42. The smallest absolute Gasteiger partial charge is 0.231 e. The van der Waals surface area contributed by atoms with Crippen LogP contribution in [0.3, 0.4) is 0 Å². The van der Waals surface area contributed by atoms with Crippen LogP contribution in [0.25, 0.3) is 0 Å². The van der Waals surface area contributed by atoms with Crippen LogP contribution in [-0.2, 0) is 11.2 Å². The molecule has 13 heavy (non-hydrogen) atoms. The summed E-state index contributed by atoms with van der Waals surface area (Å²) in [6, 6.07) is 4.83. The van der Waals surface area contributed by atoms with Gasteiger partial charge < -0.3 is 4.90 Å². The predicted molar refractivity (Wildman–Crippen MR) is 48.1 cm³/mol. The van der Waals surface area contributed by atoms with Crippen LogP contribution in [-0.4, -0.2) is 12.5 Å². The van der Waals surface area contributed by atoms with Crippen LogP contribution in [0.1, 0.15) is 12.5 Å². The Morgan fingerprint density at radius 1 is 1.54 bits per heavy atom. The minimum absolute atomic E-state index is 0.0115. The number of rotatable bonds is 1. The molecule has 0 aliphatic carbocycles. The van der Waals surface area contributed by atoms with Crippen molar-refractivity contribution < 1.29 is 9.18 Å². The van der Waals surface area contributed by atoms with E-state index in [4.69, 9.17) is 0 Å². The third-order valence-electron chi connectivity index (χ3n) is 2.30. The van der Waals surface area contributed by atoms with Crippen LogP contribution in [0.4, 0.5) is 10.1 Å². The molecule has 1 aromatic rings. The first-order chi connectivity index (χ1) is 6.24. The number of benzene rings is 1. The summed E-state index contributed by atoms with van der Waals surface area (Å²) < 4.78 is 13.3. The van der Waals surface area contributed by atoms with Gasteiger partial charge in [0.05, 0.1) is 12.1 Å². The number of likely N-dealkylation sites (N-methyl/N-ethyl adjacent to an activating group) is 1. The molecule has 1 amide bonds. The van der Waals surface area contributed by atoms with Gasteiger partial charge in [-0.15, -0.1) is 0 Å². The predicted octanol–water partition coefficient (Wildman–Crippen LogP) is 1.73. The lowest BCUT2D eigenvalue weighted by molar-refractivity contribution is -0.117. The molecule has 1 aliphatic rings. The molecule has 0 radical (unpaired) electrons. The Morgan fingerprint density at radius 2 is 2.31 bits per heavy atom. The summed E-state index contributed by atoms with van der Waals surface area (Å²) in [6.45, 7) is 2.38. The number of hydrogen-bond acceptors (Lipinski definition) is 1. The molecule has 0 saturated heterocycles. The van der Waals surface area contributed by atoms with Crippen molar-refractivity contribution >= 4 is 11.6 Å². The summed E-state index contributed by atoms with van der Waals surface area (Å²) in [5.41, 5.74) is 1.27. The van der Waals surface area contributed by atoms with E-state index in [1.54, 1.807) is 12.1 Å². The van der Waals surface area contributed by atoms with Crippen molar-refractivity contribution in [1.29, 1.82) is 0 Å². The SMILES string of the molecule is CCN1C(=O)Cc2cccc(F)c21. The van der Waals surface area contributed by atoms with Crippen LogP contribution in [0.2, 0.25) is 0 Å². The minimum Gasteiger partial charge on any atom is -0.309 e. The van der Waals surface area contributed by atoms with Gasteiger partial charge in [-0.2, -0.15) is 0 Å². The molecule has 0 bridgehead atoms. The van der Waals surface area contributed by atoms with Crippen LogP contribution in [0.5, 0.6) is 0 Å². The van der Waals surface area contributed by atoms with E-state index in [1.807, 2.05) is 6.92 Å². The van der Waals surface area contributed by atoms with Crippen molar-refractivity contribution in [3.63, 3.8) is 0 Å². The topological polar surface area (TPSA) is 20.3 Å². The summed E-state index contributed by atoms with van der Waals surface area (Å²) in [7, 11) is 0. The van der Waals surface area contributed by atoms with Gasteiger partial charge >= 0.3 is 0 Å². The zero-order valence-electron chi connectivity index (χ0n) is 7.38. The second-order valence-corrected chi connectivity index (χ2v) is 3.06. The lowest BCUT2D eigenvalue weighted by Gasteiger charge is -2.14. The quantitative estimate of drug-likeness (QED) is 0.643. The maximum absolute atomic E-state index is 13.3. The van der Waals surface area contributed by atoms with Crippen LogP contribution >= 0.6 is 0 Å². The average Bonchev–Trinajstić information content (AvgIpc) is 2.42. The first-order valence-electron chi connectivity index (χ1n) is 4.31. The van der Waals surface area contributed by atoms with Gasteiger partial charge in [0, 0.05) is 6.54 Å². The number of nitrogens with zero attached hydrogens (tertiary/aromatic N) is 1. The highest BCUT2D eigenvalue weighted by Gasteiger charge is 2.28. The highest BCUT2D eigenvalue weighted by atomic mass is 19.1. The number of para-hydroxylation sites is 1. The van der Waals surface area contributed by atoms with Gasteiger partial charge in [0.15, 0.2) is 0 Å². The van der Waals surface area contributed by atoms with E-state index in [1.165, 1.54) is 11.0 Å². The molecule has 2 rings (SSSR count). The molecule has 68 valence electrons. The van der Waals surface area contributed by atoms with Gasteiger partial charge in [0.25, 0.3) is 0 Å². The highest BCUT2D eigenvalue weighted by Crippen LogP contribution is 2.30. The normalized spacial score (nSPS) is 14.9. The van der Waals surface area contributed by atoms with Crippen molar-refractivity contribution in [2.75, 3.05) is 11.4 Å². The van der Waals surface area contributed by atoms with Gasteiger partial charge in [-0.3, -0.25) is 4.79 Å². The van der Waals surface area contributed by atoms with E-state index in [9.17, 15) is 9.18 Å². The Balaban J connectivity index is 2.55.